The van der Waals surface area contributed by atoms with E-state index >= 15 is 0 Å². The second-order valence-electron chi connectivity index (χ2n) is 6.43. The maximum Gasteiger partial charge on any atom is 0.0440 e. The minimum Gasteiger partial charge on any atom is -0.312 e. The van der Waals surface area contributed by atoms with Crippen LogP contribution in [0.25, 0.3) is 0 Å². The van der Waals surface area contributed by atoms with Crippen LogP contribution in [0.2, 0.25) is 5.02 Å². The zero-order valence-corrected chi connectivity index (χ0v) is 13.1. The molecule has 0 aromatic heterocycles. The van der Waals surface area contributed by atoms with Gasteiger partial charge in [0.15, 0.2) is 0 Å². The van der Waals surface area contributed by atoms with Crippen LogP contribution in [0.4, 0.5) is 0 Å². The van der Waals surface area contributed by atoms with Crippen LogP contribution in [0.3, 0.4) is 0 Å². The van der Waals surface area contributed by atoms with E-state index in [0.29, 0.717) is 12.0 Å². The predicted molar refractivity (Wildman–Crippen MR) is 85.5 cm³/mol. The van der Waals surface area contributed by atoms with Gasteiger partial charge in [-0.2, -0.15) is 0 Å². The summed E-state index contributed by atoms with van der Waals surface area (Å²) in [4.78, 5) is 2.51. The number of likely N-dealkylation sites (tertiary alicyclic amines) is 1. The summed E-state index contributed by atoms with van der Waals surface area (Å²) in [5.41, 5.74) is 1.34. The number of hydrogen-bond donors (Lipinski definition) is 1. The van der Waals surface area contributed by atoms with Crippen LogP contribution >= 0.6 is 11.6 Å². The number of rotatable bonds is 4. The normalized spacial score (nSPS) is 31.0. The highest BCUT2D eigenvalue weighted by Crippen LogP contribution is 2.39. The van der Waals surface area contributed by atoms with Crippen molar-refractivity contribution in [2.45, 2.75) is 50.1 Å². The molecule has 1 aromatic rings. The van der Waals surface area contributed by atoms with Crippen LogP contribution in [-0.2, 0) is 0 Å². The van der Waals surface area contributed by atoms with Crippen molar-refractivity contribution in [1.29, 1.82) is 0 Å². The third-order valence-electron chi connectivity index (χ3n) is 5.05. The summed E-state index contributed by atoms with van der Waals surface area (Å²) < 4.78 is 0. The van der Waals surface area contributed by atoms with Crippen LogP contribution in [0.1, 0.15) is 43.6 Å². The van der Waals surface area contributed by atoms with Gasteiger partial charge in [-0.05, 0) is 56.8 Å². The molecule has 110 valence electrons. The van der Waals surface area contributed by atoms with Crippen LogP contribution in [0.15, 0.2) is 24.3 Å². The van der Waals surface area contributed by atoms with E-state index < -0.39 is 0 Å². The smallest absolute Gasteiger partial charge is 0.0440 e. The third-order valence-corrected chi connectivity index (χ3v) is 5.39. The Kier molecular flexibility index (Phi) is 4.65. The van der Waals surface area contributed by atoms with Crippen molar-refractivity contribution >= 4 is 11.6 Å². The van der Waals surface area contributed by atoms with E-state index in [0.717, 1.165) is 17.6 Å². The zero-order chi connectivity index (χ0) is 13.9. The lowest BCUT2D eigenvalue weighted by atomic mass is 9.75. The van der Waals surface area contributed by atoms with Gasteiger partial charge in [-0.1, -0.05) is 36.2 Å². The Morgan fingerprint density at radius 3 is 2.80 bits per heavy atom. The Hall–Kier alpha value is -0.570. The molecule has 1 heterocycles. The average molecular weight is 293 g/mol. The first kappa shape index (κ1) is 14.4. The SMILES string of the molecule is CN1CCCCC1CNC1CC(c2ccccc2Cl)C1. The third kappa shape index (κ3) is 3.19. The van der Waals surface area contributed by atoms with Crippen molar-refractivity contribution in [3.63, 3.8) is 0 Å². The van der Waals surface area contributed by atoms with Gasteiger partial charge in [0.05, 0.1) is 0 Å². The van der Waals surface area contributed by atoms with Crippen molar-refractivity contribution in [2.24, 2.45) is 0 Å². The monoisotopic (exact) mass is 292 g/mol. The van der Waals surface area contributed by atoms with Gasteiger partial charge in [0.2, 0.25) is 0 Å². The van der Waals surface area contributed by atoms with Gasteiger partial charge in [-0.15, -0.1) is 0 Å². The number of halogens is 1. The van der Waals surface area contributed by atoms with E-state index in [1.165, 1.54) is 44.2 Å². The van der Waals surface area contributed by atoms with Crippen molar-refractivity contribution in [3.8, 4) is 0 Å². The minimum absolute atomic E-state index is 0.658. The Morgan fingerprint density at radius 1 is 1.25 bits per heavy atom. The van der Waals surface area contributed by atoms with Crippen LogP contribution in [0, 0.1) is 0 Å². The summed E-state index contributed by atoms with van der Waals surface area (Å²) in [7, 11) is 2.26. The molecule has 0 spiro atoms. The van der Waals surface area contributed by atoms with Gasteiger partial charge in [-0.3, -0.25) is 0 Å². The maximum absolute atomic E-state index is 6.27. The van der Waals surface area contributed by atoms with E-state index in [1.54, 1.807) is 0 Å². The van der Waals surface area contributed by atoms with Gasteiger partial charge in [0.25, 0.3) is 0 Å². The van der Waals surface area contributed by atoms with Gasteiger partial charge in [0.1, 0.15) is 0 Å². The molecule has 1 unspecified atom stereocenters. The molecule has 3 rings (SSSR count). The largest absolute Gasteiger partial charge is 0.312 e. The first-order valence-electron chi connectivity index (χ1n) is 7.92. The molecule has 1 saturated heterocycles. The second kappa shape index (κ2) is 6.46. The molecule has 0 radical (unpaired) electrons. The molecular formula is C17H25ClN2. The number of nitrogens with one attached hydrogen (secondary N) is 1. The standard InChI is InChI=1S/C17H25ClN2/c1-20-9-5-4-6-15(20)12-19-14-10-13(11-14)16-7-2-3-8-17(16)18/h2-3,7-8,13-15,19H,4-6,9-12H2,1H3. The van der Waals surface area contributed by atoms with Crippen LogP contribution in [0.5, 0.6) is 0 Å². The fourth-order valence-corrected chi connectivity index (χ4v) is 3.84. The topological polar surface area (TPSA) is 15.3 Å². The van der Waals surface area contributed by atoms with E-state index in [4.69, 9.17) is 11.6 Å². The fraction of sp³-hybridized carbons (Fsp3) is 0.647. The molecule has 1 aromatic carbocycles. The Balaban J connectivity index is 1.43. The van der Waals surface area contributed by atoms with Gasteiger partial charge < -0.3 is 10.2 Å². The highest BCUT2D eigenvalue weighted by Gasteiger charge is 2.31. The highest BCUT2D eigenvalue weighted by molar-refractivity contribution is 6.31. The zero-order valence-electron chi connectivity index (χ0n) is 12.3. The van der Waals surface area contributed by atoms with E-state index in [-0.39, 0.29) is 0 Å². The van der Waals surface area contributed by atoms with E-state index in [2.05, 4.69) is 29.4 Å². The number of hydrogen-bond acceptors (Lipinski definition) is 2. The van der Waals surface area contributed by atoms with Crippen molar-refractivity contribution in [1.82, 2.24) is 10.2 Å². The summed E-state index contributed by atoms with van der Waals surface area (Å²) >= 11 is 6.27. The lowest BCUT2D eigenvalue weighted by molar-refractivity contribution is 0.167. The fourth-order valence-electron chi connectivity index (χ4n) is 3.55. The molecule has 2 fully saturated rings. The number of piperidine rings is 1. The Bertz CT molecular complexity index is 442. The van der Waals surface area contributed by atoms with Crippen LogP contribution < -0.4 is 5.32 Å². The molecule has 2 nitrogen and oxygen atoms in total. The maximum atomic E-state index is 6.27. The predicted octanol–water partition coefficient (Wildman–Crippen LogP) is 3.66. The Morgan fingerprint density at radius 2 is 2.05 bits per heavy atom. The molecule has 1 N–H and O–H groups in total. The quantitative estimate of drug-likeness (QED) is 0.911. The molecule has 3 heteroatoms. The first-order valence-corrected chi connectivity index (χ1v) is 8.30. The van der Waals surface area contributed by atoms with Gasteiger partial charge in [-0.25, -0.2) is 0 Å². The molecule has 1 saturated carbocycles. The summed E-state index contributed by atoms with van der Waals surface area (Å²) in [6, 6.07) is 9.72. The van der Waals surface area contributed by atoms with Crippen molar-refractivity contribution < 1.29 is 0 Å². The molecule has 0 amide bonds. The van der Waals surface area contributed by atoms with Crippen molar-refractivity contribution in [2.75, 3.05) is 20.1 Å². The molecule has 2 aliphatic rings. The van der Waals surface area contributed by atoms with Gasteiger partial charge in [0, 0.05) is 23.7 Å². The van der Waals surface area contributed by atoms with E-state index in [9.17, 15) is 0 Å². The van der Waals surface area contributed by atoms with Crippen molar-refractivity contribution in [3.05, 3.63) is 34.9 Å². The number of likely N-dealkylation sites (N-methyl/N-ethyl adjacent to an activating group) is 1. The average Bonchev–Trinajstić information content (AvgIpc) is 2.41. The summed E-state index contributed by atoms with van der Waals surface area (Å²) in [6.07, 6.45) is 6.58. The lowest BCUT2D eigenvalue weighted by Gasteiger charge is -2.39. The Labute approximate surface area is 127 Å². The summed E-state index contributed by atoms with van der Waals surface area (Å²) in [6.45, 7) is 2.41. The molecule has 1 aliphatic carbocycles. The minimum atomic E-state index is 0.658. The molecular weight excluding hydrogens is 268 g/mol. The molecule has 0 bridgehead atoms. The summed E-state index contributed by atoms with van der Waals surface area (Å²) in [5.74, 6) is 0.658. The molecule has 1 aliphatic heterocycles. The first-order chi connectivity index (χ1) is 9.74. The van der Waals surface area contributed by atoms with Crippen LogP contribution in [-0.4, -0.2) is 37.1 Å². The summed E-state index contributed by atoms with van der Waals surface area (Å²) in [5, 5.41) is 4.69. The van der Waals surface area contributed by atoms with E-state index in [1.807, 2.05) is 12.1 Å². The number of benzene rings is 1. The highest BCUT2D eigenvalue weighted by atomic mass is 35.5. The molecule has 1 atom stereocenters. The molecule has 20 heavy (non-hydrogen) atoms. The van der Waals surface area contributed by atoms with Gasteiger partial charge >= 0.3 is 0 Å². The lowest BCUT2D eigenvalue weighted by Crippen LogP contribution is -2.48. The number of nitrogens with zero attached hydrogens (tertiary/aromatic N) is 1. The second-order valence-corrected chi connectivity index (χ2v) is 6.83.